The summed E-state index contributed by atoms with van der Waals surface area (Å²) in [4.78, 5) is 0. The van der Waals surface area contributed by atoms with Crippen molar-refractivity contribution in [3.8, 4) is 11.1 Å². The fourth-order valence-electron chi connectivity index (χ4n) is 1.91. The van der Waals surface area contributed by atoms with Crippen LogP contribution >= 0.6 is 0 Å². The molecule has 0 bridgehead atoms. The van der Waals surface area contributed by atoms with E-state index >= 15 is 0 Å². The van der Waals surface area contributed by atoms with Gasteiger partial charge in [0.1, 0.15) is 0 Å². The standard InChI is InChI=1S/C14H16BNO4S/c1-21(19,20)16-10-11-5-7-12(8-6-11)13-3-2-4-14(9-13)15(17)18/h2-9,16-18H,10H2,1H3. The van der Waals surface area contributed by atoms with Gasteiger partial charge in [0, 0.05) is 6.54 Å². The molecule has 0 saturated heterocycles. The Morgan fingerprint density at radius 3 is 2.29 bits per heavy atom. The zero-order valence-electron chi connectivity index (χ0n) is 11.5. The molecule has 0 atom stereocenters. The van der Waals surface area contributed by atoms with Gasteiger partial charge in [0.25, 0.3) is 0 Å². The molecule has 0 saturated carbocycles. The molecule has 0 aliphatic carbocycles. The minimum Gasteiger partial charge on any atom is -0.423 e. The highest BCUT2D eigenvalue weighted by Gasteiger charge is 2.11. The van der Waals surface area contributed by atoms with E-state index in [-0.39, 0.29) is 6.54 Å². The molecule has 0 unspecified atom stereocenters. The maximum Gasteiger partial charge on any atom is 0.488 e. The molecule has 21 heavy (non-hydrogen) atoms. The van der Waals surface area contributed by atoms with Crippen molar-refractivity contribution >= 4 is 22.6 Å². The summed E-state index contributed by atoms with van der Waals surface area (Å²) in [6, 6.07) is 14.3. The van der Waals surface area contributed by atoms with Crippen LogP contribution in [0.25, 0.3) is 11.1 Å². The molecule has 2 aromatic rings. The van der Waals surface area contributed by atoms with Crippen molar-refractivity contribution in [1.82, 2.24) is 4.72 Å². The van der Waals surface area contributed by atoms with Crippen molar-refractivity contribution in [2.45, 2.75) is 6.54 Å². The minimum absolute atomic E-state index is 0.245. The summed E-state index contributed by atoms with van der Waals surface area (Å²) in [6.45, 7) is 0.245. The third-order valence-corrected chi connectivity index (χ3v) is 3.68. The van der Waals surface area contributed by atoms with Crippen molar-refractivity contribution in [2.24, 2.45) is 0 Å². The molecular formula is C14H16BNO4S. The largest absolute Gasteiger partial charge is 0.488 e. The summed E-state index contributed by atoms with van der Waals surface area (Å²) in [5.41, 5.74) is 3.06. The van der Waals surface area contributed by atoms with Gasteiger partial charge in [-0.2, -0.15) is 0 Å². The van der Waals surface area contributed by atoms with Crippen LogP contribution in [-0.2, 0) is 16.6 Å². The molecule has 7 heteroatoms. The van der Waals surface area contributed by atoms with Gasteiger partial charge in [-0.1, -0.05) is 48.5 Å². The van der Waals surface area contributed by atoms with Crippen molar-refractivity contribution in [1.29, 1.82) is 0 Å². The van der Waals surface area contributed by atoms with E-state index < -0.39 is 17.1 Å². The molecule has 0 fully saturated rings. The molecular weight excluding hydrogens is 289 g/mol. The van der Waals surface area contributed by atoms with Crippen LogP contribution in [0.4, 0.5) is 0 Å². The third kappa shape index (κ3) is 4.68. The maximum atomic E-state index is 11.0. The highest BCUT2D eigenvalue weighted by molar-refractivity contribution is 7.88. The number of hydrogen-bond donors (Lipinski definition) is 3. The molecule has 0 aromatic heterocycles. The zero-order valence-corrected chi connectivity index (χ0v) is 12.3. The summed E-state index contributed by atoms with van der Waals surface area (Å²) in [5, 5.41) is 18.4. The SMILES string of the molecule is CS(=O)(=O)NCc1ccc(-c2cccc(B(O)O)c2)cc1. The fourth-order valence-corrected chi connectivity index (χ4v) is 2.34. The third-order valence-electron chi connectivity index (χ3n) is 3.01. The van der Waals surface area contributed by atoms with Gasteiger partial charge in [0.05, 0.1) is 6.26 Å². The molecule has 0 aliphatic rings. The van der Waals surface area contributed by atoms with Gasteiger partial charge in [-0.25, -0.2) is 13.1 Å². The van der Waals surface area contributed by atoms with Crippen molar-refractivity contribution in [2.75, 3.05) is 6.26 Å². The van der Waals surface area contributed by atoms with E-state index in [1.807, 2.05) is 30.3 Å². The van der Waals surface area contributed by atoms with E-state index in [0.29, 0.717) is 5.46 Å². The lowest BCUT2D eigenvalue weighted by Gasteiger charge is -2.07. The highest BCUT2D eigenvalue weighted by atomic mass is 32.2. The second-order valence-corrected chi connectivity index (χ2v) is 6.62. The van der Waals surface area contributed by atoms with Gasteiger partial charge >= 0.3 is 7.12 Å². The number of benzene rings is 2. The van der Waals surface area contributed by atoms with Gasteiger partial charge in [-0.3, -0.25) is 0 Å². The molecule has 2 rings (SSSR count). The van der Waals surface area contributed by atoms with Crippen LogP contribution in [0.2, 0.25) is 0 Å². The Kier molecular flexibility index (Phi) is 4.79. The fraction of sp³-hybridized carbons (Fsp3) is 0.143. The van der Waals surface area contributed by atoms with E-state index in [1.165, 1.54) is 0 Å². The lowest BCUT2D eigenvalue weighted by molar-refractivity contribution is 0.426. The Labute approximate surface area is 124 Å². The minimum atomic E-state index is -3.21. The highest BCUT2D eigenvalue weighted by Crippen LogP contribution is 2.18. The summed E-state index contributed by atoms with van der Waals surface area (Å²) < 4.78 is 24.5. The van der Waals surface area contributed by atoms with Crippen LogP contribution in [0.1, 0.15) is 5.56 Å². The van der Waals surface area contributed by atoms with E-state index in [4.69, 9.17) is 0 Å². The maximum absolute atomic E-state index is 11.0. The molecule has 0 spiro atoms. The quantitative estimate of drug-likeness (QED) is 0.683. The van der Waals surface area contributed by atoms with E-state index in [0.717, 1.165) is 22.9 Å². The van der Waals surface area contributed by atoms with Crippen molar-refractivity contribution in [3.63, 3.8) is 0 Å². The van der Waals surface area contributed by atoms with Crippen LogP contribution in [0, 0.1) is 0 Å². The summed E-state index contributed by atoms with van der Waals surface area (Å²) in [5.74, 6) is 0. The predicted octanol–water partition coefficient (Wildman–Crippen LogP) is 0.0826. The first-order valence-electron chi connectivity index (χ1n) is 6.35. The Hall–Kier alpha value is -1.67. The Morgan fingerprint density at radius 1 is 1.05 bits per heavy atom. The first kappa shape index (κ1) is 15.7. The second kappa shape index (κ2) is 6.40. The smallest absolute Gasteiger partial charge is 0.423 e. The lowest BCUT2D eigenvalue weighted by atomic mass is 9.79. The van der Waals surface area contributed by atoms with Crippen LogP contribution in [0.15, 0.2) is 48.5 Å². The number of sulfonamides is 1. The number of rotatable bonds is 5. The zero-order chi connectivity index (χ0) is 15.5. The van der Waals surface area contributed by atoms with Gasteiger partial charge in [0.2, 0.25) is 10.0 Å². The van der Waals surface area contributed by atoms with Crippen LogP contribution in [-0.4, -0.2) is 31.8 Å². The molecule has 0 amide bonds. The Morgan fingerprint density at radius 2 is 1.71 bits per heavy atom. The van der Waals surface area contributed by atoms with Crippen LogP contribution in [0.3, 0.4) is 0 Å². The van der Waals surface area contributed by atoms with Gasteiger partial charge < -0.3 is 10.0 Å². The molecule has 5 nitrogen and oxygen atoms in total. The van der Waals surface area contributed by atoms with Crippen LogP contribution < -0.4 is 10.2 Å². The molecule has 0 aliphatic heterocycles. The molecule has 2 aromatic carbocycles. The average molecular weight is 305 g/mol. The van der Waals surface area contributed by atoms with Gasteiger partial charge in [0.15, 0.2) is 0 Å². The van der Waals surface area contributed by atoms with Gasteiger partial charge in [-0.05, 0) is 22.2 Å². The summed E-state index contributed by atoms with van der Waals surface area (Å²) >= 11 is 0. The number of hydrogen-bond acceptors (Lipinski definition) is 4. The van der Waals surface area contributed by atoms with Crippen molar-refractivity contribution < 1.29 is 18.5 Å². The normalized spacial score (nSPS) is 11.4. The average Bonchev–Trinajstić information content (AvgIpc) is 2.45. The second-order valence-electron chi connectivity index (χ2n) is 4.79. The molecule has 0 radical (unpaired) electrons. The molecule has 3 N–H and O–H groups in total. The Balaban J connectivity index is 2.17. The van der Waals surface area contributed by atoms with Crippen molar-refractivity contribution in [3.05, 3.63) is 54.1 Å². The topological polar surface area (TPSA) is 86.6 Å². The predicted molar refractivity (Wildman–Crippen MR) is 83.4 cm³/mol. The first-order chi connectivity index (χ1) is 9.85. The summed E-state index contributed by atoms with van der Waals surface area (Å²) in [6.07, 6.45) is 1.12. The molecule has 0 heterocycles. The first-order valence-corrected chi connectivity index (χ1v) is 8.24. The van der Waals surface area contributed by atoms with E-state index in [2.05, 4.69) is 4.72 Å². The van der Waals surface area contributed by atoms with Gasteiger partial charge in [-0.15, -0.1) is 0 Å². The van der Waals surface area contributed by atoms with E-state index in [9.17, 15) is 18.5 Å². The monoisotopic (exact) mass is 305 g/mol. The summed E-state index contributed by atoms with van der Waals surface area (Å²) in [7, 11) is -4.70. The number of nitrogens with one attached hydrogen (secondary N) is 1. The van der Waals surface area contributed by atoms with Crippen LogP contribution in [0.5, 0.6) is 0 Å². The Bertz CT molecular complexity index is 714. The lowest BCUT2D eigenvalue weighted by Crippen LogP contribution is -2.29. The van der Waals surface area contributed by atoms with E-state index in [1.54, 1.807) is 18.2 Å². The molecule has 110 valence electrons.